The van der Waals surface area contributed by atoms with Crippen LogP contribution in [0.3, 0.4) is 0 Å². The van der Waals surface area contributed by atoms with E-state index in [9.17, 15) is 22.8 Å². The van der Waals surface area contributed by atoms with Crippen LogP contribution in [0.5, 0.6) is 0 Å². The normalized spacial score (nSPS) is 19.1. The van der Waals surface area contributed by atoms with Crippen LogP contribution in [0.1, 0.15) is 12.8 Å². The van der Waals surface area contributed by atoms with E-state index >= 15 is 0 Å². The Hall–Kier alpha value is -1.68. The van der Waals surface area contributed by atoms with Gasteiger partial charge >= 0.3 is 11.8 Å². The fourth-order valence-electron chi connectivity index (χ4n) is 2.32. The molecule has 9 nitrogen and oxygen atoms in total. The molecule has 0 aromatic carbocycles. The van der Waals surface area contributed by atoms with Gasteiger partial charge in [0.15, 0.2) is 9.84 Å². The Morgan fingerprint density at radius 3 is 2.65 bits per heavy atom. The Balaban J connectivity index is 2.57. The van der Waals surface area contributed by atoms with Gasteiger partial charge in [-0.25, -0.2) is 8.42 Å². The Kier molecular flexibility index (Phi) is 7.96. The summed E-state index contributed by atoms with van der Waals surface area (Å²) in [6.45, 7) is 1.02. The van der Waals surface area contributed by atoms with Crippen molar-refractivity contribution in [2.45, 2.75) is 18.9 Å². The first-order chi connectivity index (χ1) is 10.9. The molecule has 0 saturated carbocycles. The quantitative estimate of drug-likeness (QED) is 0.279. The molecule has 1 unspecified atom stereocenters. The van der Waals surface area contributed by atoms with Gasteiger partial charge in [0.2, 0.25) is 6.41 Å². The average Bonchev–Trinajstić information content (AvgIpc) is 2.87. The Labute approximate surface area is 135 Å². The van der Waals surface area contributed by atoms with Gasteiger partial charge in [-0.2, -0.15) is 0 Å². The molecule has 2 N–H and O–H groups in total. The third-order valence-corrected chi connectivity index (χ3v) is 5.26. The number of sulfone groups is 1. The van der Waals surface area contributed by atoms with Gasteiger partial charge in [-0.3, -0.25) is 14.4 Å². The number of methoxy groups -OCH3 is 1. The molecule has 1 heterocycles. The summed E-state index contributed by atoms with van der Waals surface area (Å²) >= 11 is 0. The molecule has 0 aromatic rings. The molecule has 3 amide bonds. The third-order valence-electron chi connectivity index (χ3n) is 3.51. The van der Waals surface area contributed by atoms with Crippen LogP contribution in [0.25, 0.3) is 0 Å². The smallest absolute Gasteiger partial charge is 0.312 e. The second-order valence-electron chi connectivity index (χ2n) is 5.23. The largest absolute Gasteiger partial charge is 0.383 e. The van der Waals surface area contributed by atoms with Crippen molar-refractivity contribution in [3.8, 4) is 0 Å². The molecule has 0 aliphatic carbocycles. The lowest BCUT2D eigenvalue weighted by molar-refractivity contribution is -0.147. The molecule has 0 spiro atoms. The minimum absolute atomic E-state index is 0.0212. The maximum atomic E-state index is 12.3. The Morgan fingerprint density at radius 2 is 2.09 bits per heavy atom. The zero-order valence-corrected chi connectivity index (χ0v) is 13.9. The molecule has 1 aliphatic heterocycles. The van der Waals surface area contributed by atoms with E-state index in [-0.39, 0.29) is 31.2 Å². The number of hydrogen-bond donors (Lipinski definition) is 2. The number of carbonyl (C=O) groups is 3. The van der Waals surface area contributed by atoms with Crippen LogP contribution in [0, 0.1) is 0 Å². The van der Waals surface area contributed by atoms with Crippen LogP contribution in [0.15, 0.2) is 0 Å². The minimum atomic E-state index is -3.16. The minimum Gasteiger partial charge on any atom is -0.383 e. The first-order valence-corrected chi connectivity index (χ1v) is 9.18. The standard InChI is InChI=1S/C13H23N3O6S/c1-22-7-6-16(11-3-8-23(20,21)9-11)13(19)12(18)15-5-2-4-14-10-17/h10-11H,2-9H2,1H3,(H,14,17)(H,15,18). The molecule has 0 radical (unpaired) electrons. The van der Waals surface area contributed by atoms with E-state index in [1.165, 1.54) is 12.0 Å². The summed E-state index contributed by atoms with van der Waals surface area (Å²) in [5.41, 5.74) is 0. The predicted octanol–water partition coefficient (Wildman–Crippen LogP) is -2.10. The molecule has 1 aliphatic rings. The van der Waals surface area contributed by atoms with E-state index in [4.69, 9.17) is 4.74 Å². The van der Waals surface area contributed by atoms with E-state index in [2.05, 4.69) is 10.6 Å². The highest BCUT2D eigenvalue weighted by Gasteiger charge is 2.36. The SMILES string of the molecule is COCCN(C(=O)C(=O)NCCCNC=O)C1CCS(=O)(=O)C1. The van der Waals surface area contributed by atoms with Crippen molar-refractivity contribution < 1.29 is 27.5 Å². The number of carbonyl (C=O) groups excluding carboxylic acids is 3. The summed E-state index contributed by atoms with van der Waals surface area (Å²) in [6.07, 6.45) is 1.38. The molecule has 10 heteroatoms. The van der Waals surface area contributed by atoms with E-state index in [1.54, 1.807) is 0 Å². The van der Waals surface area contributed by atoms with Gasteiger partial charge in [0.05, 0.1) is 18.1 Å². The monoisotopic (exact) mass is 349 g/mol. The zero-order chi connectivity index (χ0) is 17.3. The Morgan fingerprint density at radius 1 is 1.35 bits per heavy atom. The van der Waals surface area contributed by atoms with Crippen LogP contribution in [-0.2, 0) is 29.0 Å². The van der Waals surface area contributed by atoms with E-state index < -0.39 is 27.7 Å². The van der Waals surface area contributed by atoms with Crippen LogP contribution < -0.4 is 10.6 Å². The van der Waals surface area contributed by atoms with Gasteiger partial charge in [0.1, 0.15) is 0 Å². The van der Waals surface area contributed by atoms with Gasteiger partial charge in [-0.05, 0) is 12.8 Å². The maximum Gasteiger partial charge on any atom is 0.312 e. The van der Waals surface area contributed by atoms with Crippen molar-refractivity contribution >= 4 is 28.1 Å². The van der Waals surface area contributed by atoms with Gasteiger partial charge in [-0.1, -0.05) is 0 Å². The first-order valence-electron chi connectivity index (χ1n) is 7.36. The van der Waals surface area contributed by atoms with Crippen molar-refractivity contribution in [3.63, 3.8) is 0 Å². The highest BCUT2D eigenvalue weighted by Crippen LogP contribution is 2.17. The van der Waals surface area contributed by atoms with Crippen molar-refractivity contribution in [2.75, 3.05) is 44.9 Å². The molecule has 0 aromatic heterocycles. The molecular weight excluding hydrogens is 326 g/mol. The van der Waals surface area contributed by atoms with E-state index in [0.29, 0.717) is 25.8 Å². The lowest BCUT2D eigenvalue weighted by atomic mass is 10.2. The van der Waals surface area contributed by atoms with Gasteiger partial charge in [0, 0.05) is 32.8 Å². The molecular formula is C13H23N3O6S. The summed E-state index contributed by atoms with van der Waals surface area (Å²) in [7, 11) is -1.69. The molecule has 1 fully saturated rings. The number of nitrogens with one attached hydrogen (secondary N) is 2. The van der Waals surface area contributed by atoms with Crippen molar-refractivity contribution in [3.05, 3.63) is 0 Å². The number of hydrogen-bond acceptors (Lipinski definition) is 6. The van der Waals surface area contributed by atoms with E-state index in [1.807, 2.05) is 0 Å². The molecule has 1 atom stereocenters. The first kappa shape index (κ1) is 19.4. The van der Waals surface area contributed by atoms with Gasteiger partial charge < -0.3 is 20.3 Å². The van der Waals surface area contributed by atoms with E-state index in [0.717, 1.165) is 0 Å². The lowest BCUT2D eigenvalue weighted by Crippen LogP contribution is -2.49. The second kappa shape index (κ2) is 9.46. The fraction of sp³-hybridized carbons (Fsp3) is 0.769. The van der Waals surface area contributed by atoms with Crippen LogP contribution in [-0.4, -0.2) is 82.4 Å². The molecule has 23 heavy (non-hydrogen) atoms. The number of nitrogens with zero attached hydrogens (tertiary/aromatic N) is 1. The third kappa shape index (κ3) is 6.53. The Bertz CT molecular complexity index is 522. The topological polar surface area (TPSA) is 122 Å². The number of ether oxygens (including phenoxy) is 1. The fourth-order valence-corrected chi connectivity index (χ4v) is 4.05. The summed E-state index contributed by atoms with van der Waals surface area (Å²) < 4.78 is 28.1. The van der Waals surface area contributed by atoms with Crippen LogP contribution >= 0.6 is 0 Å². The highest BCUT2D eigenvalue weighted by molar-refractivity contribution is 7.91. The van der Waals surface area contributed by atoms with Crippen molar-refractivity contribution in [2.24, 2.45) is 0 Å². The number of rotatable bonds is 9. The molecule has 132 valence electrons. The molecule has 0 bridgehead atoms. The molecule has 1 saturated heterocycles. The molecule has 1 rings (SSSR count). The summed E-state index contributed by atoms with van der Waals surface area (Å²) in [4.78, 5) is 35.5. The maximum absolute atomic E-state index is 12.3. The van der Waals surface area contributed by atoms with Crippen molar-refractivity contribution in [1.29, 1.82) is 0 Å². The van der Waals surface area contributed by atoms with Crippen LogP contribution in [0.2, 0.25) is 0 Å². The van der Waals surface area contributed by atoms with Gasteiger partial charge in [0.25, 0.3) is 0 Å². The van der Waals surface area contributed by atoms with Gasteiger partial charge in [-0.15, -0.1) is 0 Å². The van der Waals surface area contributed by atoms with Crippen LogP contribution in [0.4, 0.5) is 0 Å². The average molecular weight is 349 g/mol. The zero-order valence-electron chi connectivity index (χ0n) is 13.1. The summed E-state index contributed by atoms with van der Waals surface area (Å²) in [6, 6.07) is -0.495. The summed E-state index contributed by atoms with van der Waals surface area (Å²) in [5, 5.41) is 4.91. The lowest BCUT2D eigenvalue weighted by Gasteiger charge is -2.27. The summed E-state index contributed by atoms with van der Waals surface area (Å²) in [5.74, 6) is -1.64. The van der Waals surface area contributed by atoms with Crippen molar-refractivity contribution in [1.82, 2.24) is 15.5 Å². The highest BCUT2D eigenvalue weighted by atomic mass is 32.2. The second-order valence-corrected chi connectivity index (χ2v) is 7.46. The predicted molar refractivity (Wildman–Crippen MR) is 82.3 cm³/mol. The number of amides is 3.